The normalized spacial score (nSPS) is 15.6. The van der Waals surface area contributed by atoms with E-state index in [-0.39, 0.29) is 0 Å². The van der Waals surface area contributed by atoms with Crippen LogP contribution in [0.4, 0.5) is 8.78 Å². The van der Waals surface area contributed by atoms with E-state index in [9.17, 15) is 13.0 Å². The first-order valence-electron chi connectivity index (χ1n) is 5.35. The van der Waals surface area contributed by atoms with Crippen LogP contribution in [0, 0.1) is 11.6 Å². The Hall–Kier alpha value is -0.810. The number of nitrogens with one attached hydrogen (secondary N) is 1. The minimum Gasteiger partial charge on any atom is -0.242 e. The van der Waals surface area contributed by atoms with Crippen molar-refractivity contribution < 1.29 is 13.0 Å². The van der Waals surface area contributed by atoms with E-state index >= 15 is 0 Å². The Bertz CT molecular complexity index is 429. The maximum atomic E-state index is 13.5. The fourth-order valence-electron chi connectivity index (χ4n) is 1.25. The zero-order valence-corrected chi connectivity index (χ0v) is 11.2. The van der Waals surface area contributed by atoms with Crippen LogP contribution in [0.15, 0.2) is 18.2 Å². The van der Waals surface area contributed by atoms with Crippen LogP contribution in [0.25, 0.3) is 0 Å². The van der Waals surface area contributed by atoms with Crippen molar-refractivity contribution in [3.8, 4) is 0 Å². The molecule has 0 amide bonds. The van der Waals surface area contributed by atoms with Gasteiger partial charge in [0.1, 0.15) is 11.6 Å². The van der Waals surface area contributed by atoms with Crippen LogP contribution in [-0.2, 0) is 11.0 Å². The molecule has 0 radical (unpaired) electrons. The summed E-state index contributed by atoms with van der Waals surface area (Å²) >= 11 is 0. The molecular weight excluding hydrogens is 244 g/mol. The molecule has 1 aromatic rings. The third-order valence-electron chi connectivity index (χ3n) is 2.27. The lowest BCUT2D eigenvalue weighted by Crippen LogP contribution is -2.35. The summed E-state index contributed by atoms with van der Waals surface area (Å²) in [6, 6.07) is 2.95. The summed E-state index contributed by atoms with van der Waals surface area (Å²) in [4.78, 5) is 0. The molecule has 0 aliphatic heterocycles. The Morgan fingerprint density at radius 2 is 1.88 bits per heavy atom. The van der Waals surface area contributed by atoms with E-state index in [4.69, 9.17) is 0 Å². The monoisotopic (exact) mass is 261 g/mol. The first-order valence-corrected chi connectivity index (χ1v) is 6.50. The number of hydrogen-bond donors (Lipinski definition) is 1. The Morgan fingerprint density at radius 3 is 2.35 bits per heavy atom. The summed E-state index contributed by atoms with van der Waals surface area (Å²) in [6.45, 7) is 7.16. The van der Waals surface area contributed by atoms with Gasteiger partial charge in [-0.05, 0) is 33.8 Å². The highest BCUT2D eigenvalue weighted by molar-refractivity contribution is 7.84. The van der Waals surface area contributed by atoms with Gasteiger partial charge >= 0.3 is 0 Å². The van der Waals surface area contributed by atoms with Gasteiger partial charge in [0.15, 0.2) is 0 Å². The molecule has 1 rings (SSSR count). The second-order valence-electron chi connectivity index (χ2n) is 4.89. The van der Waals surface area contributed by atoms with Crippen molar-refractivity contribution in [2.75, 3.05) is 0 Å². The van der Waals surface area contributed by atoms with Gasteiger partial charge in [-0.3, -0.25) is 0 Å². The van der Waals surface area contributed by atoms with E-state index in [2.05, 4.69) is 4.72 Å². The van der Waals surface area contributed by atoms with E-state index < -0.39 is 33.4 Å². The smallest absolute Gasteiger partial charge is 0.130 e. The fraction of sp³-hybridized carbons (Fsp3) is 0.500. The van der Waals surface area contributed by atoms with Gasteiger partial charge in [0, 0.05) is 17.7 Å². The first-order chi connectivity index (χ1) is 7.71. The lowest BCUT2D eigenvalue weighted by Gasteiger charge is -2.22. The maximum Gasteiger partial charge on any atom is 0.130 e. The van der Waals surface area contributed by atoms with Gasteiger partial charge in [-0.2, -0.15) is 0 Å². The van der Waals surface area contributed by atoms with Crippen molar-refractivity contribution in [3.05, 3.63) is 35.4 Å². The molecule has 2 nitrogen and oxygen atoms in total. The Kier molecular flexibility index (Phi) is 4.38. The quantitative estimate of drug-likeness (QED) is 0.890. The molecule has 0 aromatic heterocycles. The van der Waals surface area contributed by atoms with Crippen LogP contribution in [0.3, 0.4) is 0 Å². The molecule has 0 aliphatic carbocycles. The predicted octanol–water partition coefficient (Wildman–Crippen LogP) is 3.08. The predicted molar refractivity (Wildman–Crippen MR) is 65.8 cm³/mol. The van der Waals surface area contributed by atoms with Crippen molar-refractivity contribution in [2.45, 2.75) is 38.5 Å². The van der Waals surface area contributed by atoms with Crippen LogP contribution in [0.2, 0.25) is 0 Å². The first kappa shape index (κ1) is 14.3. The molecule has 0 saturated heterocycles. The van der Waals surface area contributed by atoms with Gasteiger partial charge in [0.25, 0.3) is 0 Å². The summed E-state index contributed by atoms with van der Waals surface area (Å²) < 4.78 is 40.4. The van der Waals surface area contributed by atoms with Crippen molar-refractivity contribution in [2.24, 2.45) is 0 Å². The average molecular weight is 261 g/mol. The molecule has 0 unspecified atom stereocenters. The third-order valence-corrected chi connectivity index (χ3v) is 3.95. The second-order valence-corrected chi connectivity index (χ2v) is 6.88. The van der Waals surface area contributed by atoms with Gasteiger partial charge in [-0.1, -0.05) is 6.07 Å². The van der Waals surface area contributed by atoms with E-state index in [1.165, 1.54) is 12.1 Å². The lowest BCUT2D eigenvalue weighted by atomic mass is 10.1. The molecule has 0 heterocycles. The molecule has 1 aromatic carbocycles. The number of halogens is 2. The average Bonchev–Trinajstić information content (AvgIpc) is 2.15. The standard InChI is InChI=1S/C12H17F2NOS/c1-8(15-17(16)12(2,3)4)10-6-5-9(13)7-11(10)14/h5-8,15H,1-4H3/t8-,17-/m1/s1. The van der Waals surface area contributed by atoms with Crippen LogP contribution in [0.5, 0.6) is 0 Å². The van der Waals surface area contributed by atoms with Gasteiger partial charge < -0.3 is 0 Å². The number of benzene rings is 1. The van der Waals surface area contributed by atoms with Gasteiger partial charge in [0.2, 0.25) is 0 Å². The zero-order valence-electron chi connectivity index (χ0n) is 10.4. The highest BCUT2D eigenvalue weighted by Gasteiger charge is 2.22. The van der Waals surface area contributed by atoms with Crippen molar-refractivity contribution in [1.82, 2.24) is 4.72 Å². The Morgan fingerprint density at radius 1 is 1.29 bits per heavy atom. The molecule has 0 fully saturated rings. The summed E-state index contributed by atoms with van der Waals surface area (Å²) in [6.07, 6.45) is 0. The molecule has 0 spiro atoms. The Balaban J connectivity index is 2.84. The minimum absolute atomic E-state index is 0.309. The maximum absolute atomic E-state index is 13.5. The molecule has 2 atom stereocenters. The van der Waals surface area contributed by atoms with Crippen molar-refractivity contribution in [1.29, 1.82) is 0 Å². The molecule has 96 valence electrons. The molecule has 0 aliphatic rings. The van der Waals surface area contributed by atoms with Gasteiger partial charge in [-0.15, -0.1) is 0 Å². The van der Waals surface area contributed by atoms with E-state index in [1.807, 2.05) is 20.8 Å². The topological polar surface area (TPSA) is 29.1 Å². The fourth-order valence-corrected chi connectivity index (χ4v) is 2.06. The molecular formula is C12H17F2NOS. The number of rotatable bonds is 3. The Labute approximate surface area is 103 Å². The van der Waals surface area contributed by atoms with Crippen molar-refractivity contribution >= 4 is 11.0 Å². The SMILES string of the molecule is C[C@@H](N[S@](=O)C(C)(C)C)c1ccc(F)cc1F. The zero-order chi connectivity index (χ0) is 13.2. The van der Waals surface area contributed by atoms with E-state index in [0.717, 1.165) is 6.07 Å². The third kappa shape index (κ3) is 3.85. The summed E-state index contributed by atoms with van der Waals surface area (Å²) in [5.41, 5.74) is 0.309. The van der Waals surface area contributed by atoms with Crippen LogP contribution in [0.1, 0.15) is 39.3 Å². The van der Waals surface area contributed by atoms with Crippen LogP contribution < -0.4 is 4.72 Å². The van der Waals surface area contributed by atoms with E-state index in [1.54, 1.807) is 6.92 Å². The highest BCUT2D eigenvalue weighted by atomic mass is 32.2. The van der Waals surface area contributed by atoms with Gasteiger partial charge in [0.05, 0.1) is 15.7 Å². The summed E-state index contributed by atoms with van der Waals surface area (Å²) in [7, 11) is -1.29. The number of hydrogen-bond acceptors (Lipinski definition) is 1. The van der Waals surface area contributed by atoms with Crippen LogP contribution >= 0.6 is 0 Å². The van der Waals surface area contributed by atoms with E-state index in [0.29, 0.717) is 5.56 Å². The lowest BCUT2D eigenvalue weighted by molar-refractivity contribution is 0.551. The molecule has 5 heteroatoms. The van der Waals surface area contributed by atoms with Crippen molar-refractivity contribution in [3.63, 3.8) is 0 Å². The molecule has 0 saturated carbocycles. The van der Waals surface area contributed by atoms with Crippen LogP contribution in [-0.4, -0.2) is 8.96 Å². The largest absolute Gasteiger partial charge is 0.242 e. The highest BCUT2D eigenvalue weighted by Crippen LogP contribution is 2.20. The summed E-state index contributed by atoms with van der Waals surface area (Å²) in [5.74, 6) is -1.24. The second kappa shape index (κ2) is 5.23. The molecule has 1 N–H and O–H groups in total. The molecule has 0 bridgehead atoms. The minimum atomic E-state index is -1.29. The van der Waals surface area contributed by atoms with Gasteiger partial charge in [-0.25, -0.2) is 17.7 Å². The summed E-state index contributed by atoms with van der Waals surface area (Å²) in [5, 5.41) is 0. The molecule has 17 heavy (non-hydrogen) atoms.